The summed E-state index contributed by atoms with van der Waals surface area (Å²) in [5.41, 5.74) is 11.0. The SMILES string of the molecule is NC(=O)[C@H]1CN(c2cc(F)c3nc(N)sc3c2)C(=O)O1. The average molecular weight is 296 g/mol. The molecule has 0 unspecified atom stereocenters. The fraction of sp³-hybridized carbons (Fsp3) is 0.182. The highest BCUT2D eigenvalue weighted by atomic mass is 32.1. The first kappa shape index (κ1) is 12.6. The Morgan fingerprint density at radius 3 is 2.95 bits per heavy atom. The van der Waals surface area contributed by atoms with Crippen molar-refractivity contribution in [2.24, 2.45) is 5.73 Å². The highest BCUT2D eigenvalue weighted by molar-refractivity contribution is 7.22. The Bertz CT molecular complexity index is 732. The quantitative estimate of drug-likeness (QED) is 0.852. The van der Waals surface area contributed by atoms with E-state index in [9.17, 15) is 14.0 Å². The summed E-state index contributed by atoms with van der Waals surface area (Å²) in [4.78, 5) is 27.7. The maximum atomic E-state index is 13.9. The third-order valence-corrected chi connectivity index (χ3v) is 3.72. The third-order valence-electron chi connectivity index (χ3n) is 2.89. The summed E-state index contributed by atoms with van der Waals surface area (Å²) < 4.78 is 19.2. The van der Waals surface area contributed by atoms with Crippen molar-refractivity contribution in [3.63, 3.8) is 0 Å². The van der Waals surface area contributed by atoms with E-state index in [2.05, 4.69) is 4.98 Å². The number of fused-ring (bicyclic) bond motifs is 1. The number of primary amides is 1. The molecule has 3 rings (SSSR count). The second-order valence-electron chi connectivity index (χ2n) is 4.21. The predicted molar refractivity (Wildman–Crippen MR) is 70.8 cm³/mol. The van der Waals surface area contributed by atoms with E-state index in [1.165, 1.54) is 0 Å². The van der Waals surface area contributed by atoms with Crippen LogP contribution in [0.3, 0.4) is 0 Å². The minimum absolute atomic E-state index is 0.0482. The number of rotatable bonds is 2. The van der Waals surface area contributed by atoms with Crippen LogP contribution in [0.2, 0.25) is 0 Å². The lowest BCUT2D eigenvalue weighted by Gasteiger charge is -2.12. The highest BCUT2D eigenvalue weighted by Gasteiger charge is 2.36. The molecule has 1 aliphatic heterocycles. The predicted octanol–water partition coefficient (Wildman–Crippen LogP) is 0.828. The Morgan fingerprint density at radius 2 is 2.30 bits per heavy atom. The van der Waals surface area contributed by atoms with E-state index in [0.717, 1.165) is 22.3 Å². The molecule has 104 valence electrons. The van der Waals surface area contributed by atoms with Gasteiger partial charge in [-0.05, 0) is 6.07 Å². The van der Waals surface area contributed by atoms with Gasteiger partial charge in [0.25, 0.3) is 5.91 Å². The third kappa shape index (κ3) is 1.92. The summed E-state index contributed by atoms with van der Waals surface area (Å²) in [7, 11) is 0. The number of benzene rings is 1. The number of aromatic nitrogens is 1. The van der Waals surface area contributed by atoms with Crippen LogP contribution in [-0.2, 0) is 9.53 Å². The van der Waals surface area contributed by atoms with E-state index in [-0.39, 0.29) is 22.9 Å². The number of ether oxygens (including phenoxy) is 1. The molecule has 2 amide bonds. The number of nitrogens with zero attached hydrogens (tertiary/aromatic N) is 2. The van der Waals surface area contributed by atoms with Crippen molar-refractivity contribution in [2.45, 2.75) is 6.10 Å². The molecule has 1 saturated heterocycles. The van der Waals surface area contributed by atoms with Gasteiger partial charge in [-0.2, -0.15) is 0 Å². The molecule has 0 saturated carbocycles. The van der Waals surface area contributed by atoms with Crippen molar-refractivity contribution in [2.75, 3.05) is 17.2 Å². The molecule has 7 nitrogen and oxygen atoms in total. The van der Waals surface area contributed by atoms with Crippen molar-refractivity contribution < 1.29 is 18.7 Å². The number of anilines is 2. The number of hydrogen-bond donors (Lipinski definition) is 2. The minimum atomic E-state index is -1.03. The first-order chi connectivity index (χ1) is 9.45. The number of halogens is 1. The molecule has 1 aromatic heterocycles. The smallest absolute Gasteiger partial charge is 0.415 e. The Labute approximate surface area is 115 Å². The van der Waals surface area contributed by atoms with Gasteiger partial charge in [-0.15, -0.1) is 0 Å². The zero-order chi connectivity index (χ0) is 14.4. The van der Waals surface area contributed by atoms with Crippen molar-refractivity contribution in [3.8, 4) is 0 Å². The lowest BCUT2D eigenvalue weighted by atomic mass is 10.2. The van der Waals surface area contributed by atoms with Gasteiger partial charge in [0.2, 0.25) is 0 Å². The molecule has 9 heteroatoms. The van der Waals surface area contributed by atoms with Gasteiger partial charge in [-0.3, -0.25) is 9.69 Å². The molecule has 0 spiro atoms. The van der Waals surface area contributed by atoms with E-state index in [0.29, 0.717) is 4.70 Å². The topological polar surface area (TPSA) is 112 Å². The second-order valence-corrected chi connectivity index (χ2v) is 5.27. The van der Waals surface area contributed by atoms with Gasteiger partial charge in [0.05, 0.1) is 16.9 Å². The van der Waals surface area contributed by atoms with E-state index < -0.39 is 23.9 Å². The summed E-state index contributed by atoms with van der Waals surface area (Å²) in [6, 6.07) is 2.71. The second kappa shape index (κ2) is 4.30. The highest BCUT2D eigenvalue weighted by Crippen LogP contribution is 2.32. The molecule has 0 aliphatic carbocycles. The van der Waals surface area contributed by atoms with Crippen molar-refractivity contribution in [1.82, 2.24) is 4.98 Å². The largest absolute Gasteiger partial charge is 0.434 e. The van der Waals surface area contributed by atoms with Crippen molar-refractivity contribution >= 4 is 44.4 Å². The number of nitrogens with two attached hydrogens (primary N) is 2. The van der Waals surface area contributed by atoms with Gasteiger partial charge >= 0.3 is 6.09 Å². The number of cyclic esters (lactones) is 1. The first-order valence-corrected chi connectivity index (χ1v) is 6.40. The van der Waals surface area contributed by atoms with Crippen LogP contribution in [0.1, 0.15) is 0 Å². The fourth-order valence-corrected chi connectivity index (χ4v) is 2.75. The standard InChI is InChI=1S/C11H9FN4O3S/c12-5-1-4(2-7-8(5)15-10(14)20-7)16-3-6(9(13)17)19-11(16)18/h1-2,6H,3H2,(H2,13,17)(H2,14,15)/t6-/m1/s1. The monoisotopic (exact) mass is 296 g/mol. The van der Waals surface area contributed by atoms with Crippen LogP contribution >= 0.6 is 11.3 Å². The minimum Gasteiger partial charge on any atom is -0.434 e. The van der Waals surface area contributed by atoms with Gasteiger partial charge in [0, 0.05) is 6.07 Å². The van der Waals surface area contributed by atoms with Gasteiger partial charge in [0.15, 0.2) is 17.1 Å². The Morgan fingerprint density at radius 1 is 1.55 bits per heavy atom. The molecular weight excluding hydrogens is 287 g/mol. The number of thiazole rings is 1. The summed E-state index contributed by atoms with van der Waals surface area (Å²) in [5, 5.41) is 0.232. The summed E-state index contributed by atoms with van der Waals surface area (Å²) in [6.45, 7) is -0.0482. The Balaban J connectivity index is 2.02. The van der Waals surface area contributed by atoms with E-state index >= 15 is 0 Å². The van der Waals surface area contributed by atoms with Crippen LogP contribution in [0.5, 0.6) is 0 Å². The molecule has 1 fully saturated rings. The average Bonchev–Trinajstić information content (AvgIpc) is 2.92. The zero-order valence-corrected chi connectivity index (χ0v) is 10.8. The van der Waals surface area contributed by atoms with Crippen LogP contribution in [0.25, 0.3) is 10.2 Å². The summed E-state index contributed by atoms with van der Waals surface area (Å²) in [5.74, 6) is -1.34. The van der Waals surface area contributed by atoms with Crippen molar-refractivity contribution in [3.05, 3.63) is 17.9 Å². The molecule has 20 heavy (non-hydrogen) atoms. The number of carbonyl (C=O) groups is 2. The van der Waals surface area contributed by atoms with Crippen LogP contribution in [-0.4, -0.2) is 29.6 Å². The molecule has 0 bridgehead atoms. The lowest BCUT2D eigenvalue weighted by Crippen LogP contribution is -2.32. The Kier molecular flexibility index (Phi) is 2.71. The van der Waals surface area contributed by atoms with Crippen molar-refractivity contribution in [1.29, 1.82) is 0 Å². The molecule has 2 heterocycles. The molecule has 1 aliphatic rings. The molecule has 2 aromatic rings. The zero-order valence-electron chi connectivity index (χ0n) is 10.00. The number of amides is 2. The van der Waals surface area contributed by atoms with Gasteiger partial charge in [-0.1, -0.05) is 11.3 Å². The van der Waals surface area contributed by atoms with Gasteiger partial charge in [-0.25, -0.2) is 14.2 Å². The van der Waals surface area contributed by atoms with Gasteiger partial charge < -0.3 is 16.2 Å². The summed E-state index contributed by atoms with van der Waals surface area (Å²) in [6.07, 6.45) is -1.78. The van der Waals surface area contributed by atoms with E-state index in [1.807, 2.05) is 0 Å². The molecule has 4 N–H and O–H groups in total. The fourth-order valence-electron chi connectivity index (χ4n) is 1.97. The van der Waals surface area contributed by atoms with Crippen LogP contribution in [0.4, 0.5) is 20.0 Å². The van der Waals surface area contributed by atoms with Gasteiger partial charge in [0.1, 0.15) is 5.52 Å². The molecule has 1 atom stereocenters. The van der Waals surface area contributed by atoms with Crippen LogP contribution < -0.4 is 16.4 Å². The normalized spacial score (nSPS) is 18.6. The molecule has 1 aromatic carbocycles. The Hall–Kier alpha value is -2.42. The van der Waals surface area contributed by atoms with Crippen LogP contribution in [0.15, 0.2) is 12.1 Å². The molecule has 0 radical (unpaired) electrons. The lowest BCUT2D eigenvalue weighted by molar-refractivity contribution is -0.124. The maximum absolute atomic E-state index is 13.9. The summed E-state index contributed by atoms with van der Waals surface area (Å²) >= 11 is 1.10. The van der Waals surface area contributed by atoms with E-state index in [4.69, 9.17) is 16.2 Å². The number of hydrogen-bond acceptors (Lipinski definition) is 6. The molecular formula is C11H9FN4O3S. The van der Waals surface area contributed by atoms with Crippen LogP contribution in [0, 0.1) is 5.82 Å². The number of nitrogen functional groups attached to an aromatic ring is 1. The number of carbonyl (C=O) groups excluding carboxylic acids is 2. The van der Waals surface area contributed by atoms with E-state index in [1.54, 1.807) is 6.07 Å². The first-order valence-electron chi connectivity index (χ1n) is 5.58. The maximum Gasteiger partial charge on any atom is 0.415 e.